The van der Waals surface area contributed by atoms with Crippen LogP contribution in [-0.2, 0) is 10.3 Å². The van der Waals surface area contributed by atoms with Crippen LogP contribution in [0.25, 0.3) is 0 Å². The van der Waals surface area contributed by atoms with Crippen molar-refractivity contribution in [1.82, 2.24) is 5.32 Å². The van der Waals surface area contributed by atoms with Crippen LogP contribution >= 0.6 is 0 Å². The van der Waals surface area contributed by atoms with E-state index in [1.807, 2.05) is 0 Å². The number of hydrogen-bond acceptors (Lipinski definition) is 4. The lowest BCUT2D eigenvalue weighted by molar-refractivity contribution is 0.0186. The number of benzene rings is 2. The number of nitrogens with two attached hydrogens (primary N) is 1. The number of amidine groups is 1. The minimum atomic E-state index is -2.76. The van der Waals surface area contributed by atoms with Crippen LogP contribution in [0.5, 0.6) is 0 Å². The molecule has 0 spiro atoms. The maximum absolute atomic E-state index is 14.2. The SMILES string of the molecule is Nc1cccc(C2(C(F)F)N=C(NC(=O)c3ccccc3)OC3CC32)c1. The Kier molecular flexibility index (Phi) is 3.86. The number of anilines is 1. The van der Waals surface area contributed by atoms with Crippen LogP contribution in [-0.4, -0.2) is 24.5 Å². The fraction of sp³-hybridized carbons (Fsp3) is 0.263. The summed E-state index contributed by atoms with van der Waals surface area (Å²) in [6.45, 7) is 0. The van der Waals surface area contributed by atoms with Gasteiger partial charge in [0, 0.05) is 17.2 Å². The van der Waals surface area contributed by atoms with Crippen molar-refractivity contribution in [3.05, 3.63) is 65.7 Å². The summed E-state index contributed by atoms with van der Waals surface area (Å²) in [7, 11) is 0. The van der Waals surface area contributed by atoms with E-state index in [1.54, 1.807) is 48.5 Å². The number of ether oxygens (including phenoxy) is 1. The van der Waals surface area contributed by atoms with Gasteiger partial charge in [-0.15, -0.1) is 0 Å². The van der Waals surface area contributed by atoms with Gasteiger partial charge in [-0.2, -0.15) is 0 Å². The normalized spacial score (nSPS) is 26.5. The summed E-state index contributed by atoms with van der Waals surface area (Å²) < 4.78 is 33.9. The number of nitrogens with zero attached hydrogens (tertiary/aromatic N) is 1. The average molecular weight is 357 g/mol. The molecule has 4 rings (SSSR count). The second-order valence-electron chi connectivity index (χ2n) is 6.49. The van der Waals surface area contributed by atoms with Gasteiger partial charge in [0.2, 0.25) is 0 Å². The van der Waals surface area contributed by atoms with Gasteiger partial charge in [0.15, 0.2) is 5.54 Å². The van der Waals surface area contributed by atoms with E-state index in [9.17, 15) is 13.6 Å². The van der Waals surface area contributed by atoms with E-state index in [2.05, 4.69) is 10.3 Å². The molecule has 26 heavy (non-hydrogen) atoms. The molecule has 1 saturated carbocycles. The van der Waals surface area contributed by atoms with Crippen molar-refractivity contribution in [2.75, 3.05) is 5.73 Å². The van der Waals surface area contributed by atoms with Gasteiger partial charge in [-0.3, -0.25) is 10.1 Å². The predicted octanol–water partition coefficient (Wildman–Crippen LogP) is 2.93. The Balaban J connectivity index is 1.70. The molecule has 5 nitrogen and oxygen atoms in total. The number of nitrogen functional groups attached to an aromatic ring is 1. The highest BCUT2D eigenvalue weighted by molar-refractivity contribution is 6.04. The number of carbonyl (C=O) groups is 1. The zero-order chi connectivity index (χ0) is 18.3. The molecule has 3 atom stereocenters. The zero-order valence-electron chi connectivity index (χ0n) is 13.7. The quantitative estimate of drug-likeness (QED) is 0.829. The lowest BCUT2D eigenvalue weighted by Crippen LogP contribution is -2.45. The zero-order valence-corrected chi connectivity index (χ0v) is 13.7. The van der Waals surface area contributed by atoms with Crippen LogP contribution in [0.3, 0.4) is 0 Å². The third-order valence-electron chi connectivity index (χ3n) is 4.78. The number of aliphatic imine (C=N–C) groups is 1. The van der Waals surface area contributed by atoms with Crippen molar-refractivity contribution < 1.29 is 18.3 Å². The van der Waals surface area contributed by atoms with Crippen molar-refractivity contribution >= 4 is 17.6 Å². The Morgan fingerprint density at radius 3 is 2.69 bits per heavy atom. The second-order valence-corrected chi connectivity index (χ2v) is 6.49. The van der Waals surface area contributed by atoms with Crippen LogP contribution in [0.15, 0.2) is 59.6 Å². The molecule has 134 valence electrons. The summed E-state index contributed by atoms with van der Waals surface area (Å²) in [5.74, 6) is -0.902. The average Bonchev–Trinajstić information content (AvgIpc) is 3.41. The van der Waals surface area contributed by atoms with Crippen LogP contribution in [0.4, 0.5) is 14.5 Å². The van der Waals surface area contributed by atoms with Crippen molar-refractivity contribution in [2.24, 2.45) is 10.9 Å². The summed E-state index contributed by atoms with van der Waals surface area (Å²) in [5.41, 5.74) is 5.12. The van der Waals surface area contributed by atoms with Crippen molar-refractivity contribution in [1.29, 1.82) is 0 Å². The molecular formula is C19H17F2N3O2. The van der Waals surface area contributed by atoms with Gasteiger partial charge in [-0.05, 0) is 36.2 Å². The fourth-order valence-electron chi connectivity index (χ4n) is 3.40. The van der Waals surface area contributed by atoms with Gasteiger partial charge < -0.3 is 10.5 Å². The summed E-state index contributed by atoms with van der Waals surface area (Å²) in [5, 5.41) is 2.51. The molecule has 2 aromatic rings. The van der Waals surface area contributed by atoms with Crippen molar-refractivity contribution in [2.45, 2.75) is 24.5 Å². The fourth-order valence-corrected chi connectivity index (χ4v) is 3.40. The Morgan fingerprint density at radius 1 is 1.23 bits per heavy atom. The molecule has 3 unspecified atom stereocenters. The van der Waals surface area contributed by atoms with E-state index in [0.29, 0.717) is 23.2 Å². The number of nitrogens with one attached hydrogen (secondary N) is 1. The number of alkyl halides is 2. The molecule has 3 N–H and O–H groups in total. The molecule has 1 amide bonds. The molecule has 0 bridgehead atoms. The highest BCUT2D eigenvalue weighted by Gasteiger charge is 2.63. The Hall–Kier alpha value is -2.96. The maximum Gasteiger partial charge on any atom is 0.293 e. The molecule has 2 aromatic carbocycles. The molecular weight excluding hydrogens is 340 g/mol. The van der Waals surface area contributed by atoms with Crippen LogP contribution in [0.2, 0.25) is 0 Å². The van der Waals surface area contributed by atoms with Crippen LogP contribution in [0.1, 0.15) is 22.3 Å². The molecule has 2 aliphatic rings. The minimum Gasteiger partial charge on any atom is -0.461 e. The highest BCUT2D eigenvalue weighted by Crippen LogP contribution is 2.55. The van der Waals surface area contributed by atoms with Gasteiger partial charge in [0.05, 0.1) is 0 Å². The second kappa shape index (κ2) is 6.09. The summed E-state index contributed by atoms with van der Waals surface area (Å²) in [4.78, 5) is 16.5. The smallest absolute Gasteiger partial charge is 0.293 e. The molecule has 0 radical (unpaired) electrons. The maximum atomic E-state index is 14.2. The van der Waals surface area contributed by atoms with E-state index in [0.717, 1.165) is 0 Å². The number of fused-ring (bicyclic) bond motifs is 1. The first-order valence-electron chi connectivity index (χ1n) is 8.28. The Bertz CT molecular complexity index is 872. The van der Waals surface area contributed by atoms with Gasteiger partial charge in [-0.25, -0.2) is 13.8 Å². The molecule has 1 heterocycles. The van der Waals surface area contributed by atoms with E-state index in [4.69, 9.17) is 10.5 Å². The minimum absolute atomic E-state index is 0.180. The van der Waals surface area contributed by atoms with Gasteiger partial charge in [0.25, 0.3) is 18.4 Å². The number of amides is 1. The lowest BCUT2D eigenvalue weighted by Gasteiger charge is -2.33. The number of carbonyl (C=O) groups excluding carboxylic acids is 1. The van der Waals surface area contributed by atoms with Gasteiger partial charge in [0.1, 0.15) is 6.10 Å². The topological polar surface area (TPSA) is 76.7 Å². The molecule has 1 aliphatic heterocycles. The molecule has 1 fully saturated rings. The molecule has 1 aliphatic carbocycles. The summed E-state index contributed by atoms with van der Waals surface area (Å²) >= 11 is 0. The van der Waals surface area contributed by atoms with Gasteiger partial charge >= 0.3 is 0 Å². The number of rotatable bonds is 3. The van der Waals surface area contributed by atoms with E-state index in [-0.39, 0.29) is 6.02 Å². The number of hydrogen-bond donors (Lipinski definition) is 2. The Labute approximate surface area is 148 Å². The van der Waals surface area contributed by atoms with Crippen molar-refractivity contribution in [3.63, 3.8) is 0 Å². The third-order valence-corrected chi connectivity index (χ3v) is 4.78. The Morgan fingerprint density at radius 2 is 2.00 bits per heavy atom. The first kappa shape index (κ1) is 16.5. The van der Waals surface area contributed by atoms with Crippen LogP contribution < -0.4 is 11.1 Å². The monoisotopic (exact) mass is 357 g/mol. The predicted molar refractivity (Wildman–Crippen MR) is 92.9 cm³/mol. The van der Waals surface area contributed by atoms with E-state index >= 15 is 0 Å². The van der Waals surface area contributed by atoms with Crippen molar-refractivity contribution in [3.8, 4) is 0 Å². The number of halogens is 2. The lowest BCUT2D eigenvalue weighted by atomic mass is 9.85. The van der Waals surface area contributed by atoms with Crippen LogP contribution in [0, 0.1) is 5.92 Å². The summed E-state index contributed by atoms with van der Waals surface area (Å²) in [6.07, 6.45) is -2.70. The van der Waals surface area contributed by atoms with E-state index < -0.39 is 29.9 Å². The largest absolute Gasteiger partial charge is 0.461 e. The highest BCUT2D eigenvalue weighted by atomic mass is 19.3. The van der Waals surface area contributed by atoms with E-state index in [1.165, 1.54) is 6.07 Å². The molecule has 0 aromatic heterocycles. The summed E-state index contributed by atoms with van der Waals surface area (Å²) in [6, 6.07) is 14.6. The molecule has 0 saturated heterocycles. The third kappa shape index (κ3) is 2.69. The standard InChI is InChI=1S/C19H17F2N3O2/c20-17(21)19(12-7-4-8-13(22)9-12)14-10-15(14)26-18(24-19)23-16(25)11-5-2-1-3-6-11/h1-9,14-15,17H,10,22H2,(H,23,24,25). The molecule has 7 heteroatoms. The first-order valence-corrected chi connectivity index (χ1v) is 8.28. The first-order chi connectivity index (χ1) is 12.5. The van der Waals surface area contributed by atoms with Gasteiger partial charge in [-0.1, -0.05) is 30.3 Å².